The van der Waals surface area contributed by atoms with E-state index in [1.165, 1.54) is 21.2 Å². The lowest BCUT2D eigenvalue weighted by molar-refractivity contribution is -0.123. The number of hydrogen-bond donors (Lipinski definition) is 0. The van der Waals surface area contributed by atoms with Crippen molar-refractivity contribution in [3.8, 4) is 0 Å². The van der Waals surface area contributed by atoms with Crippen molar-refractivity contribution in [3.05, 3.63) is 89.0 Å². The van der Waals surface area contributed by atoms with Crippen molar-refractivity contribution in [2.75, 3.05) is 20.3 Å². The lowest BCUT2D eigenvalue weighted by atomic mass is 10.0. The van der Waals surface area contributed by atoms with Crippen LogP contribution >= 0.6 is 11.8 Å². The molecule has 5 rings (SSSR count). The van der Waals surface area contributed by atoms with Crippen molar-refractivity contribution >= 4 is 50.7 Å². The van der Waals surface area contributed by atoms with E-state index in [1.807, 2.05) is 18.2 Å². The maximum Gasteiger partial charge on any atom is 0.293 e. The molecule has 160 valence electrons. The number of ether oxygens (including phenoxy) is 1. The number of aromatic nitrogens is 1. The van der Waals surface area contributed by atoms with Crippen LogP contribution in [0.2, 0.25) is 0 Å². The van der Waals surface area contributed by atoms with Gasteiger partial charge in [-0.2, -0.15) is 0 Å². The average molecular weight is 443 g/mol. The van der Waals surface area contributed by atoms with Crippen molar-refractivity contribution in [1.29, 1.82) is 0 Å². The van der Waals surface area contributed by atoms with Crippen molar-refractivity contribution in [2.24, 2.45) is 0 Å². The van der Waals surface area contributed by atoms with Gasteiger partial charge in [0.1, 0.15) is 0 Å². The second-order valence-electron chi connectivity index (χ2n) is 7.69. The molecule has 1 saturated heterocycles. The predicted octanol–water partition coefficient (Wildman–Crippen LogP) is 5.53. The molecule has 2 amide bonds. The highest BCUT2D eigenvalue weighted by Gasteiger charge is 2.34. The van der Waals surface area contributed by atoms with Gasteiger partial charge in [0.05, 0.1) is 18.1 Å². The first-order valence-corrected chi connectivity index (χ1v) is 11.3. The first kappa shape index (κ1) is 20.5. The number of thioether (sulfide) groups is 1. The van der Waals surface area contributed by atoms with Crippen molar-refractivity contribution in [3.63, 3.8) is 0 Å². The molecule has 0 radical (unpaired) electrons. The lowest BCUT2D eigenvalue weighted by Crippen LogP contribution is -2.31. The van der Waals surface area contributed by atoms with Crippen LogP contribution in [0.3, 0.4) is 0 Å². The van der Waals surface area contributed by atoms with Crippen molar-refractivity contribution < 1.29 is 14.3 Å². The Kier molecular flexibility index (Phi) is 5.55. The Bertz CT molecular complexity index is 1370. The topological polar surface area (TPSA) is 51.5 Å². The molecule has 0 atom stereocenters. The maximum atomic E-state index is 12.8. The molecule has 32 heavy (non-hydrogen) atoms. The summed E-state index contributed by atoms with van der Waals surface area (Å²) in [5.74, 6) is -0.261. The summed E-state index contributed by atoms with van der Waals surface area (Å²) in [5, 5.41) is 3.24. The third kappa shape index (κ3) is 3.72. The van der Waals surface area contributed by atoms with Crippen LogP contribution in [0.15, 0.2) is 77.8 Å². The van der Waals surface area contributed by atoms with Crippen LogP contribution in [-0.2, 0) is 16.1 Å². The fraction of sp³-hybridized carbons (Fsp3) is 0.154. The standard InChI is InChI=1S/C26H22N2O3S/c1-31-14-13-28-25(29)24(32-26(28)30)15-20-17-27(23-12-5-4-11-22(20)23)16-19-9-6-8-18-7-2-3-10-21(18)19/h2-12,15,17H,13-14,16H2,1H3/b24-15+. The SMILES string of the molecule is COCCN1C(=O)S/C(=C/c2cn(Cc3cccc4ccccc34)c3ccccc23)C1=O. The zero-order valence-corrected chi connectivity index (χ0v) is 18.5. The molecule has 0 N–H and O–H groups in total. The number of nitrogens with zero attached hydrogens (tertiary/aromatic N) is 2. The number of rotatable bonds is 6. The summed E-state index contributed by atoms with van der Waals surface area (Å²) >= 11 is 0.984. The first-order chi connectivity index (χ1) is 15.7. The summed E-state index contributed by atoms with van der Waals surface area (Å²) in [4.78, 5) is 26.7. The molecule has 1 aliphatic heterocycles. The zero-order valence-electron chi connectivity index (χ0n) is 17.7. The molecule has 0 bridgehead atoms. The van der Waals surface area contributed by atoms with E-state index in [0.29, 0.717) is 18.1 Å². The number of para-hydroxylation sites is 1. The predicted molar refractivity (Wildman–Crippen MR) is 130 cm³/mol. The first-order valence-electron chi connectivity index (χ1n) is 10.4. The normalized spacial score (nSPS) is 15.5. The van der Waals surface area contributed by atoms with Gasteiger partial charge in [-0.05, 0) is 40.2 Å². The van der Waals surface area contributed by atoms with Crippen molar-refractivity contribution in [2.45, 2.75) is 6.54 Å². The highest BCUT2D eigenvalue weighted by molar-refractivity contribution is 8.18. The highest BCUT2D eigenvalue weighted by Crippen LogP contribution is 2.34. The van der Waals surface area contributed by atoms with Gasteiger partial charge in [-0.25, -0.2) is 0 Å². The van der Waals surface area contributed by atoms with Crippen LogP contribution in [0.4, 0.5) is 4.79 Å². The van der Waals surface area contributed by atoms with Crippen LogP contribution < -0.4 is 0 Å². The van der Waals surface area contributed by atoms with Crippen molar-refractivity contribution in [1.82, 2.24) is 9.47 Å². The van der Waals surface area contributed by atoms with Gasteiger partial charge in [-0.1, -0.05) is 60.7 Å². The molecule has 0 saturated carbocycles. The monoisotopic (exact) mass is 442 g/mol. The van der Waals surface area contributed by atoms with Gasteiger partial charge in [-0.15, -0.1) is 0 Å². The third-order valence-corrected chi connectivity index (χ3v) is 6.63. The summed E-state index contributed by atoms with van der Waals surface area (Å²) < 4.78 is 7.23. The molecule has 2 heterocycles. The number of amides is 2. The number of imide groups is 1. The number of methoxy groups -OCH3 is 1. The van der Waals surface area contributed by atoms with E-state index < -0.39 is 0 Å². The van der Waals surface area contributed by atoms with E-state index >= 15 is 0 Å². The van der Waals surface area contributed by atoms with E-state index in [-0.39, 0.29) is 17.7 Å². The molecule has 1 aromatic heterocycles. The lowest BCUT2D eigenvalue weighted by Gasteiger charge is -2.10. The zero-order chi connectivity index (χ0) is 22.1. The summed E-state index contributed by atoms with van der Waals surface area (Å²) in [6.07, 6.45) is 3.90. The quantitative estimate of drug-likeness (QED) is 0.369. The Balaban J connectivity index is 1.53. The van der Waals surface area contributed by atoms with Gasteiger partial charge in [-0.3, -0.25) is 14.5 Å². The van der Waals surface area contributed by atoms with Crippen LogP contribution in [0, 0.1) is 0 Å². The molecule has 1 aliphatic rings. The molecule has 5 nitrogen and oxygen atoms in total. The minimum absolute atomic E-state index is 0.252. The number of benzene rings is 3. The van der Waals surface area contributed by atoms with Gasteiger partial charge in [0.2, 0.25) is 0 Å². The van der Waals surface area contributed by atoms with Gasteiger partial charge in [0.25, 0.3) is 11.1 Å². The van der Waals surface area contributed by atoms with Gasteiger partial charge >= 0.3 is 0 Å². The maximum absolute atomic E-state index is 12.8. The fourth-order valence-electron chi connectivity index (χ4n) is 4.15. The third-order valence-electron chi connectivity index (χ3n) is 5.72. The Morgan fingerprint density at radius 3 is 2.53 bits per heavy atom. The Morgan fingerprint density at radius 2 is 1.69 bits per heavy atom. The minimum Gasteiger partial charge on any atom is -0.383 e. The molecule has 0 spiro atoms. The highest BCUT2D eigenvalue weighted by atomic mass is 32.2. The summed E-state index contributed by atoms with van der Waals surface area (Å²) in [5.41, 5.74) is 3.25. The second-order valence-corrected chi connectivity index (χ2v) is 8.69. The number of fused-ring (bicyclic) bond motifs is 2. The molecular weight excluding hydrogens is 420 g/mol. The van der Waals surface area contributed by atoms with Gasteiger partial charge in [0, 0.05) is 36.3 Å². The van der Waals surface area contributed by atoms with Crippen LogP contribution in [0.1, 0.15) is 11.1 Å². The molecular formula is C26H22N2O3S. The van der Waals surface area contributed by atoms with E-state index in [0.717, 1.165) is 28.2 Å². The Labute approximate surface area is 190 Å². The largest absolute Gasteiger partial charge is 0.383 e. The number of carbonyl (C=O) groups excluding carboxylic acids is 2. The summed E-state index contributed by atoms with van der Waals surface area (Å²) in [7, 11) is 1.56. The Morgan fingerprint density at radius 1 is 0.938 bits per heavy atom. The van der Waals surface area contributed by atoms with E-state index in [1.54, 1.807) is 7.11 Å². The van der Waals surface area contributed by atoms with E-state index in [2.05, 4.69) is 65.4 Å². The molecule has 0 unspecified atom stereocenters. The molecule has 6 heteroatoms. The van der Waals surface area contributed by atoms with Crippen LogP contribution in [0.5, 0.6) is 0 Å². The van der Waals surface area contributed by atoms with Crippen LogP contribution in [-0.4, -0.2) is 40.9 Å². The van der Waals surface area contributed by atoms with E-state index in [4.69, 9.17) is 4.74 Å². The minimum atomic E-state index is -0.261. The van der Waals surface area contributed by atoms with Crippen LogP contribution in [0.25, 0.3) is 27.8 Å². The smallest absolute Gasteiger partial charge is 0.293 e. The second kappa shape index (κ2) is 8.65. The molecule has 1 fully saturated rings. The molecule has 4 aromatic rings. The number of carbonyl (C=O) groups is 2. The molecule has 0 aliphatic carbocycles. The number of hydrogen-bond acceptors (Lipinski definition) is 4. The van der Waals surface area contributed by atoms with Gasteiger partial charge < -0.3 is 9.30 Å². The molecule has 3 aromatic carbocycles. The average Bonchev–Trinajstić information content (AvgIpc) is 3.29. The fourth-order valence-corrected chi connectivity index (χ4v) is 5.01. The van der Waals surface area contributed by atoms with E-state index in [9.17, 15) is 9.59 Å². The summed E-state index contributed by atoms with van der Waals surface area (Å²) in [6.45, 7) is 1.31. The van der Waals surface area contributed by atoms with Gasteiger partial charge in [0.15, 0.2) is 0 Å². The summed E-state index contributed by atoms with van der Waals surface area (Å²) in [6, 6.07) is 22.9. The Hall–Kier alpha value is -3.35.